The molecule has 6 N–H and O–H groups in total. The number of nitrogens with one attached hydrogen (secondary N) is 2. The van der Waals surface area contributed by atoms with Crippen LogP contribution in [-0.2, 0) is 0 Å². The molecule has 0 fully saturated rings. The molecule has 0 radical (unpaired) electrons. The third kappa shape index (κ3) is 3.87. The van der Waals surface area contributed by atoms with Gasteiger partial charge in [-0.1, -0.05) is 0 Å². The molecule has 0 bridgehead atoms. The van der Waals surface area contributed by atoms with E-state index in [4.69, 9.17) is 11.5 Å². The molecule has 16 heavy (non-hydrogen) atoms. The maximum atomic E-state index is 11.5. The van der Waals surface area contributed by atoms with Gasteiger partial charge in [0.15, 0.2) is 0 Å². The lowest BCUT2D eigenvalue weighted by Gasteiger charge is -2.05. The van der Waals surface area contributed by atoms with Gasteiger partial charge in [0.25, 0.3) is 5.91 Å². The number of amides is 3. The molecule has 1 rings (SSSR count). The van der Waals surface area contributed by atoms with Crippen molar-refractivity contribution in [3.05, 3.63) is 29.8 Å². The van der Waals surface area contributed by atoms with Crippen LogP contribution in [-0.4, -0.2) is 25.0 Å². The lowest BCUT2D eigenvalue weighted by molar-refractivity contribution is 0.0954. The summed E-state index contributed by atoms with van der Waals surface area (Å²) < 4.78 is 0. The van der Waals surface area contributed by atoms with Crippen LogP contribution in [0.1, 0.15) is 10.4 Å². The summed E-state index contributed by atoms with van der Waals surface area (Å²) in [7, 11) is 0. The van der Waals surface area contributed by atoms with Gasteiger partial charge in [-0.05, 0) is 24.3 Å². The van der Waals surface area contributed by atoms with Crippen LogP contribution in [0.5, 0.6) is 0 Å². The molecule has 0 aliphatic carbocycles. The van der Waals surface area contributed by atoms with Gasteiger partial charge >= 0.3 is 6.03 Å². The van der Waals surface area contributed by atoms with Gasteiger partial charge in [-0.3, -0.25) is 4.79 Å². The molecule has 0 aliphatic rings. The van der Waals surface area contributed by atoms with Crippen LogP contribution in [0.4, 0.5) is 10.5 Å². The summed E-state index contributed by atoms with van der Waals surface area (Å²) in [5.41, 5.74) is 11.5. The largest absolute Gasteiger partial charge is 0.399 e. The Morgan fingerprint density at radius 2 is 1.62 bits per heavy atom. The van der Waals surface area contributed by atoms with Crippen LogP contribution in [0.25, 0.3) is 0 Å². The average Bonchev–Trinajstić information content (AvgIpc) is 2.25. The highest BCUT2D eigenvalue weighted by Crippen LogP contribution is 2.04. The molecule has 0 atom stereocenters. The van der Waals surface area contributed by atoms with E-state index < -0.39 is 6.03 Å². The maximum absolute atomic E-state index is 11.5. The molecule has 0 saturated carbocycles. The molecule has 0 unspecified atom stereocenters. The lowest BCUT2D eigenvalue weighted by Crippen LogP contribution is -2.37. The van der Waals surface area contributed by atoms with E-state index in [1.54, 1.807) is 24.3 Å². The second kappa shape index (κ2) is 5.59. The van der Waals surface area contributed by atoms with E-state index in [-0.39, 0.29) is 5.91 Å². The number of anilines is 1. The Morgan fingerprint density at radius 1 is 1.06 bits per heavy atom. The fraction of sp³-hybridized carbons (Fsp3) is 0.200. The number of primary amides is 1. The first-order valence-electron chi connectivity index (χ1n) is 4.76. The van der Waals surface area contributed by atoms with E-state index in [0.717, 1.165) is 0 Å². The van der Waals surface area contributed by atoms with Gasteiger partial charge in [0.1, 0.15) is 0 Å². The van der Waals surface area contributed by atoms with Gasteiger partial charge in [0.2, 0.25) is 0 Å². The van der Waals surface area contributed by atoms with Crippen molar-refractivity contribution in [2.45, 2.75) is 0 Å². The minimum Gasteiger partial charge on any atom is -0.399 e. The van der Waals surface area contributed by atoms with Crippen LogP contribution in [0.2, 0.25) is 0 Å². The molecule has 1 aromatic carbocycles. The van der Waals surface area contributed by atoms with Gasteiger partial charge in [-0.25, -0.2) is 4.79 Å². The van der Waals surface area contributed by atoms with Crippen LogP contribution in [0.15, 0.2) is 24.3 Å². The summed E-state index contributed by atoms with van der Waals surface area (Å²) in [5.74, 6) is -0.216. The molecular weight excluding hydrogens is 208 g/mol. The highest BCUT2D eigenvalue weighted by atomic mass is 16.2. The van der Waals surface area contributed by atoms with Gasteiger partial charge in [0.05, 0.1) is 0 Å². The zero-order valence-corrected chi connectivity index (χ0v) is 8.69. The molecule has 0 spiro atoms. The summed E-state index contributed by atoms with van der Waals surface area (Å²) in [6.07, 6.45) is 0. The van der Waals surface area contributed by atoms with Gasteiger partial charge < -0.3 is 22.1 Å². The van der Waals surface area contributed by atoms with E-state index in [2.05, 4.69) is 10.6 Å². The van der Waals surface area contributed by atoms with Crippen molar-refractivity contribution < 1.29 is 9.59 Å². The predicted octanol–water partition coefficient (Wildman–Crippen LogP) is -0.333. The smallest absolute Gasteiger partial charge is 0.312 e. The highest BCUT2D eigenvalue weighted by Gasteiger charge is 2.03. The Hall–Kier alpha value is -2.24. The standard InChI is InChI=1S/C10H14N4O2/c11-8-3-1-7(2-4-8)9(15)13-5-6-14-10(12)16/h1-4H,5-6,11H2,(H,13,15)(H3,12,14,16). The van der Waals surface area contributed by atoms with Crippen LogP contribution >= 0.6 is 0 Å². The first-order valence-corrected chi connectivity index (χ1v) is 4.76. The summed E-state index contributed by atoms with van der Waals surface area (Å²) in [4.78, 5) is 21.8. The van der Waals surface area contributed by atoms with E-state index in [9.17, 15) is 9.59 Å². The van der Waals surface area contributed by atoms with Crippen molar-refractivity contribution in [1.29, 1.82) is 0 Å². The summed E-state index contributed by atoms with van der Waals surface area (Å²) in [5, 5.41) is 4.99. The van der Waals surface area contributed by atoms with E-state index in [0.29, 0.717) is 24.3 Å². The Kier molecular flexibility index (Phi) is 4.14. The highest BCUT2D eigenvalue weighted by molar-refractivity contribution is 5.94. The first-order chi connectivity index (χ1) is 7.59. The number of rotatable bonds is 4. The third-order valence-corrected chi connectivity index (χ3v) is 1.88. The van der Waals surface area contributed by atoms with Crippen molar-refractivity contribution >= 4 is 17.6 Å². The SMILES string of the molecule is NC(=O)NCCNC(=O)c1ccc(N)cc1. The van der Waals surface area contributed by atoms with Crippen molar-refractivity contribution in [1.82, 2.24) is 10.6 Å². The van der Waals surface area contributed by atoms with Crippen molar-refractivity contribution in [2.24, 2.45) is 5.73 Å². The van der Waals surface area contributed by atoms with Crippen molar-refractivity contribution in [2.75, 3.05) is 18.8 Å². The van der Waals surface area contributed by atoms with Gasteiger partial charge in [-0.15, -0.1) is 0 Å². The normalized spacial score (nSPS) is 9.50. The minimum atomic E-state index is -0.610. The Bertz CT molecular complexity index is 375. The fourth-order valence-corrected chi connectivity index (χ4v) is 1.10. The van der Waals surface area contributed by atoms with E-state index in [1.165, 1.54) is 0 Å². The average molecular weight is 222 g/mol. The van der Waals surface area contributed by atoms with Crippen molar-refractivity contribution in [3.8, 4) is 0 Å². The number of hydrogen-bond acceptors (Lipinski definition) is 3. The summed E-state index contributed by atoms with van der Waals surface area (Å²) in [6.45, 7) is 0.627. The second-order valence-corrected chi connectivity index (χ2v) is 3.17. The molecule has 3 amide bonds. The molecule has 86 valence electrons. The third-order valence-electron chi connectivity index (χ3n) is 1.88. The number of hydrogen-bond donors (Lipinski definition) is 4. The monoisotopic (exact) mass is 222 g/mol. The lowest BCUT2D eigenvalue weighted by atomic mass is 10.2. The second-order valence-electron chi connectivity index (χ2n) is 3.17. The number of urea groups is 1. The number of carbonyl (C=O) groups excluding carboxylic acids is 2. The Balaban J connectivity index is 2.35. The van der Waals surface area contributed by atoms with Gasteiger partial charge in [-0.2, -0.15) is 0 Å². The van der Waals surface area contributed by atoms with Crippen LogP contribution < -0.4 is 22.1 Å². The number of benzene rings is 1. The maximum Gasteiger partial charge on any atom is 0.312 e. The zero-order valence-electron chi connectivity index (χ0n) is 8.69. The van der Waals surface area contributed by atoms with E-state index in [1.807, 2.05) is 0 Å². The summed E-state index contributed by atoms with van der Waals surface area (Å²) in [6, 6.07) is 5.95. The number of nitrogen functional groups attached to an aromatic ring is 1. The molecule has 1 aromatic rings. The summed E-state index contributed by atoms with van der Waals surface area (Å²) >= 11 is 0. The van der Waals surface area contributed by atoms with Crippen LogP contribution in [0, 0.1) is 0 Å². The molecular formula is C10H14N4O2. The molecule has 0 aromatic heterocycles. The topological polar surface area (TPSA) is 110 Å². The predicted molar refractivity (Wildman–Crippen MR) is 60.8 cm³/mol. The number of carbonyl (C=O) groups is 2. The van der Waals surface area contributed by atoms with Crippen LogP contribution in [0.3, 0.4) is 0 Å². The molecule has 6 nitrogen and oxygen atoms in total. The zero-order chi connectivity index (χ0) is 12.0. The molecule has 0 heterocycles. The van der Waals surface area contributed by atoms with E-state index >= 15 is 0 Å². The molecule has 6 heteroatoms. The number of nitrogens with two attached hydrogens (primary N) is 2. The van der Waals surface area contributed by atoms with Crippen molar-refractivity contribution in [3.63, 3.8) is 0 Å². The fourth-order valence-electron chi connectivity index (χ4n) is 1.10. The Morgan fingerprint density at radius 3 is 2.19 bits per heavy atom. The molecule has 0 saturated heterocycles. The quantitative estimate of drug-likeness (QED) is 0.413. The minimum absolute atomic E-state index is 0.216. The Labute approximate surface area is 93.0 Å². The van der Waals surface area contributed by atoms with Gasteiger partial charge in [0, 0.05) is 24.3 Å². The molecule has 0 aliphatic heterocycles. The first kappa shape index (κ1) is 11.8.